The Bertz CT molecular complexity index is 920. The highest BCUT2D eigenvalue weighted by molar-refractivity contribution is 5.98. The first-order valence-electron chi connectivity index (χ1n) is 8.60. The lowest BCUT2D eigenvalue weighted by molar-refractivity contribution is -0.121. The smallest absolute Gasteiger partial charge is 0.220 e. The van der Waals surface area contributed by atoms with Gasteiger partial charge in [0.25, 0.3) is 0 Å². The minimum atomic E-state index is -0.551. The number of amides is 1. The van der Waals surface area contributed by atoms with E-state index in [-0.39, 0.29) is 30.1 Å². The van der Waals surface area contributed by atoms with E-state index >= 15 is 0 Å². The molecule has 6 heteroatoms. The molecule has 0 saturated heterocycles. The first kappa shape index (κ1) is 17.8. The number of nitrogens with one attached hydrogen (secondary N) is 1. The Kier molecular flexibility index (Phi) is 5.73. The standard InChI is InChI=1S/C20H20FN3O2/c21-17-8-2-1-7-16(17)18(25)10-11-20(26)22-12-5-9-19-23-14-15-6-3-4-13-24(15)19/h1-4,6-8,13-14H,5,9-12H2,(H,22,26). The third-order valence-electron chi connectivity index (χ3n) is 4.17. The Balaban J connectivity index is 1.39. The second-order valence-corrected chi connectivity index (χ2v) is 6.03. The van der Waals surface area contributed by atoms with Gasteiger partial charge in [-0.15, -0.1) is 0 Å². The van der Waals surface area contributed by atoms with E-state index in [1.54, 1.807) is 6.07 Å². The zero-order chi connectivity index (χ0) is 18.4. The van der Waals surface area contributed by atoms with Crippen LogP contribution in [0, 0.1) is 5.82 Å². The molecule has 0 aliphatic carbocycles. The number of carbonyl (C=O) groups is 2. The van der Waals surface area contributed by atoms with Crippen LogP contribution in [-0.4, -0.2) is 27.6 Å². The minimum Gasteiger partial charge on any atom is -0.356 e. The van der Waals surface area contributed by atoms with Crippen LogP contribution in [0.1, 0.15) is 35.4 Å². The Morgan fingerprint density at radius 2 is 1.88 bits per heavy atom. The molecular weight excluding hydrogens is 333 g/mol. The van der Waals surface area contributed by atoms with Crippen molar-refractivity contribution in [3.63, 3.8) is 0 Å². The summed E-state index contributed by atoms with van der Waals surface area (Å²) in [5.74, 6) is -0.167. The molecule has 1 N–H and O–H groups in total. The predicted octanol–water partition coefficient (Wildman–Crippen LogP) is 3.19. The van der Waals surface area contributed by atoms with E-state index in [2.05, 4.69) is 10.3 Å². The van der Waals surface area contributed by atoms with Crippen LogP contribution in [0.25, 0.3) is 5.52 Å². The maximum atomic E-state index is 13.5. The molecule has 2 heterocycles. The van der Waals surface area contributed by atoms with Crippen LogP contribution in [0.3, 0.4) is 0 Å². The summed E-state index contributed by atoms with van der Waals surface area (Å²) in [6.45, 7) is 0.508. The molecular formula is C20H20FN3O2. The SMILES string of the molecule is O=C(CCC(=O)c1ccccc1F)NCCCc1ncc2ccccn12. The molecule has 0 unspecified atom stereocenters. The van der Waals surface area contributed by atoms with E-state index in [1.165, 1.54) is 18.2 Å². The number of halogens is 1. The quantitative estimate of drug-likeness (QED) is 0.500. The highest BCUT2D eigenvalue weighted by Gasteiger charge is 2.12. The number of benzene rings is 1. The molecule has 134 valence electrons. The Morgan fingerprint density at radius 1 is 1.08 bits per heavy atom. The number of hydrogen-bond donors (Lipinski definition) is 1. The summed E-state index contributed by atoms with van der Waals surface area (Å²) in [5.41, 5.74) is 1.07. The van der Waals surface area contributed by atoms with Crippen molar-refractivity contribution in [3.05, 3.63) is 72.1 Å². The van der Waals surface area contributed by atoms with Crippen LogP contribution in [0.5, 0.6) is 0 Å². The number of fused-ring (bicyclic) bond motifs is 1. The molecule has 0 fully saturated rings. The van der Waals surface area contributed by atoms with Crippen molar-refractivity contribution in [3.8, 4) is 0 Å². The van der Waals surface area contributed by atoms with Gasteiger partial charge in [0.2, 0.25) is 5.91 Å². The number of rotatable bonds is 8. The van der Waals surface area contributed by atoms with Gasteiger partial charge in [0, 0.05) is 32.0 Å². The van der Waals surface area contributed by atoms with E-state index in [0.717, 1.165) is 24.2 Å². The lowest BCUT2D eigenvalue weighted by Crippen LogP contribution is -2.25. The molecule has 0 aliphatic rings. The highest BCUT2D eigenvalue weighted by Crippen LogP contribution is 2.10. The highest BCUT2D eigenvalue weighted by atomic mass is 19.1. The van der Waals surface area contributed by atoms with Crippen LogP contribution in [0.4, 0.5) is 4.39 Å². The molecule has 3 aromatic rings. The first-order valence-corrected chi connectivity index (χ1v) is 8.60. The maximum absolute atomic E-state index is 13.5. The predicted molar refractivity (Wildman–Crippen MR) is 96.5 cm³/mol. The number of aromatic nitrogens is 2. The van der Waals surface area contributed by atoms with Gasteiger partial charge in [-0.1, -0.05) is 18.2 Å². The van der Waals surface area contributed by atoms with Crippen molar-refractivity contribution < 1.29 is 14.0 Å². The normalized spacial score (nSPS) is 10.8. The zero-order valence-electron chi connectivity index (χ0n) is 14.3. The number of nitrogens with zero attached hydrogens (tertiary/aromatic N) is 2. The van der Waals surface area contributed by atoms with Gasteiger partial charge in [0.05, 0.1) is 17.3 Å². The van der Waals surface area contributed by atoms with Crippen LogP contribution in [0.2, 0.25) is 0 Å². The summed E-state index contributed by atoms with van der Waals surface area (Å²) in [7, 11) is 0. The van der Waals surface area contributed by atoms with Gasteiger partial charge in [-0.25, -0.2) is 9.37 Å². The molecule has 3 rings (SSSR count). The van der Waals surface area contributed by atoms with Crippen LogP contribution in [0.15, 0.2) is 54.9 Å². The van der Waals surface area contributed by atoms with Gasteiger partial charge in [-0.2, -0.15) is 0 Å². The average molecular weight is 353 g/mol. The second-order valence-electron chi connectivity index (χ2n) is 6.03. The van der Waals surface area contributed by atoms with Crippen molar-refractivity contribution in [1.82, 2.24) is 14.7 Å². The number of hydrogen-bond acceptors (Lipinski definition) is 3. The topological polar surface area (TPSA) is 63.5 Å². The van der Waals surface area contributed by atoms with Crippen LogP contribution in [-0.2, 0) is 11.2 Å². The fourth-order valence-electron chi connectivity index (χ4n) is 2.80. The molecule has 0 atom stereocenters. The van der Waals surface area contributed by atoms with Crippen molar-refractivity contribution >= 4 is 17.2 Å². The van der Waals surface area contributed by atoms with Gasteiger partial charge < -0.3 is 9.72 Å². The van der Waals surface area contributed by atoms with Crippen molar-refractivity contribution in [2.45, 2.75) is 25.7 Å². The number of Topliss-reactive ketones (excluding diaryl/α,β-unsaturated/α-hetero) is 1. The number of imidazole rings is 1. The monoisotopic (exact) mass is 353 g/mol. The largest absolute Gasteiger partial charge is 0.356 e. The molecule has 26 heavy (non-hydrogen) atoms. The third kappa shape index (κ3) is 4.33. The van der Waals surface area contributed by atoms with Crippen molar-refractivity contribution in [1.29, 1.82) is 0 Å². The summed E-state index contributed by atoms with van der Waals surface area (Å²) in [4.78, 5) is 28.2. The van der Waals surface area contributed by atoms with Crippen molar-refractivity contribution in [2.75, 3.05) is 6.54 Å². The molecule has 1 amide bonds. The van der Waals surface area contributed by atoms with Gasteiger partial charge in [0.15, 0.2) is 5.78 Å². The first-order chi connectivity index (χ1) is 12.6. The molecule has 0 spiro atoms. The number of carbonyl (C=O) groups excluding carboxylic acids is 2. The Morgan fingerprint density at radius 3 is 2.73 bits per heavy atom. The molecule has 5 nitrogen and oxygen atoms in total. The number of aryl methyl sites for hydroxylation is 1. The van der Waals surface area contributed by atoms with Crippen molar-refractivity contribution in [2.24, 2.45) is 0 Å². The Labute approximate surface area is 150 Å². The number of pyridine rings is 1. The summed E-state index contributed by atoms with van der Waals surface area (Å²) in [5, 5.41) is 2.79. The van der Waals surface area contributed by atoms with Gasteiger partial charge in [-0.05, 0) is 30.7 Å². The van der Waals surface area contributed by atoms with Gasteiger partial charge in [0.1, 0.15) is 11.6 Å². The summed E-state index contributed by atoms with van der Waals surface area (Å²) in [6, 6.07) is 11.7. The van der Waals surface area contributed by atoms with Crippen LogP contribution >= 0.6 is 0 Å². The van der Waals surface area contributed by atoms with E-state index < -0.39 is 5.82 Å². The Hall–Kier alpha value is -3.02. The molecule has 0 saturated carbocycles. The molecule has 0 radical (unpaired) electrons. The lowest BCUT2D eigenvalue weighted by atomic mass is 10.1. The second kappa shape index (κ2) is 8.38. The van der Waals surface area contributed by atoms with Gasteiger partial charge in [-0.3, -0.25) is 9.59 Å². The summed E-state index contributed by atoms with van der Waals surface area (Å²) >= 11 is 0. The van der Waals surface area contributed by atoms with E-state index in [1.807, 2.05) is 35.0 Å². The van der Waals surface area contributed by atoms with E-state index in [4.69, 9.17) is 0 Å². The minimum absolute atomic E-state index is 0.00232. The van der Waals surface area contributed by atoms with E-state index in [0.29, 0.717) is 6.54 Å². The molecule has 0 aliphatic heterocycles. The fourth-order valence-corrected chi connectivity index (χ4v) is 2.80. The van der Waals surface area contributed by atoms with Crippen LogP contribution < -0.4 is 5.32 Å². The van der Waals surface area contributed by atoms with E-state index in [9.17, 15) is 14.0 Å². The van der Waals surface area contributed by atoms with Gasteiger partial charge >= 0.3 is 0 Å². The lowest BCUT2D eigenvalue weighted by Gasteiger charge is -2.06. The zero-order valence-corrected chi connectivity index (χ0v) is 14.3. The fraction of sp³-hybridized carbons (Fsp3) is 0.250. The number of ketones is 1. The maximum Gasteiger partial charge on any atom is 0.220 e. The molecule has 1 aromatic carbocycles. The molecule has 0 bridgehead atoms. The molecule has 2 aromatic heterocycles. The average Bonchev–Trinajstić information content (AvgIpc) is 3.07. The summed E-state index contributed by atoms with van der Waals surface area (Å²) < 4.78 is 15.6. The third-order valence-corrected chi connectivity index (χ3v) is 4.17. The summed E-state index contributed by atoms with van der Waals surface area (Å²) in [6.07, 6.45) is 5.33.